The van der Waals surface area contributed by atoms with Crippen LogP contribution in [0.2, 0.25) is 0 Å². The molecule has 2 N–H and O–H groups in total. The molecule has 0 atom stereocenters. The topological polar surface area (TPSA) is 34.8 Å². The Morgan fingerprint density at radius 2 is 1.25 bits per heavy atom. The van der Waals surface area contributed by atoms with Crippen LogP contribution in [0.25, 0.3) is 11.0 Å². The predicted octanol–water partition coefficient (Wildman–Crippen LogP) is 8.68. The minimum atomic E-state index is 0.730. The number of halogens is 4. The second-order valence-electron chi connectivity index (χ2n) is 7.40. The SMILES string of the molecule is Cc1cc2c(cc1C)[n+](CSc1cc(Br)cc(Br)c1)c(N)n2CSc1cc(Br)cc(Br)c1. The number of benzene rings is 3. The van der Waals surface area contributed by atoms with E-state index < -0.39 is 0 Å². The minimum absolute atomic E-state index is 0.730. The zero-order chi connectivity index (χ0) is 23.0. The van der Waals surface area contributed by atoms with E-state index in [0.717, 1.165) is 46.6 Å². The average Bonchev–Trinajstić information content (AvgIpc) is 2.94. The predicted molar refractivity (Wildman–Crippen MR) is 151 cm³/mol. The first-order valence-electron chi connectivity index (χ1n) is 9.68. The third-order valence-electron chi connectivity index (χ3n) is 5.12. The number of hydrogen-bond acceptors (Lipinski definition) is 3. The highest BCUT2D eigenvalue weighted by atomic mass is 79.9. The van der Waals surface area contributed by atoms with Gasteiger partial charge >= 0.3 is 5.95 Å². The van der Waals surface area contributed by atoms with E-state index in [2.05, 4.69) is 123 Å². The fraction of sp³-hybridized carbons (Fsp3) is 0.174. The Kier molecular flexibility index (Phi) is 8.05. The van der Waals surface area contributed by atoms with Crippen LogP contribution in [0.4, 0.5) is 5.95 Å². The van der Waals surface area contributed by atoms with E-state index in [1.54, 1.807) is 23.5 Å². The first-order chi connectivity index (χ1) is 15.2. The molecule has 3 nitrogen and oxygen atoms in total. The molecule has 0 saturated heterocycles. The summed E-state index contributed by atoms with van der Waals surface area (Å²) in [5.74, 6) is 2.22. The summed E-state index contributed by atoms with van der Waals surface area (Å²) in [6, 6.07) is 17.1. The number of anilines is 1. The van der Waals surface area contributed by atoms with Gasteiger partial charge in [-0.2, -0.15) is 0 Å². The third-order valence-corrected chi connectivity index (χ3v) is 8.86. The molecule has 0 bridgehead atoms. The Balaban J connectivity index is 1.69. The van der Waals surface area contributed by atoms with E-state index >= 15 is 0 Å². The Bertz CT molecular complexity index is 1180. The number of fused-ring (bicyclic) bond motifs is 1. The van der Waals surface area contributed by atoms with Crippen molar-refractivity contribution in [1.29, 1.82) is 0 Å². The standard InChI is InChI=1S/C23H19Br4N3S2/c1-13-3-21-22(4-14(13)2)30(12-32-20-9-17(26)6-18(27)10-20)23(28)29(21)11-31-19-7-15(24)5-16(25)8-19/h3-10,28H,11-12H2,1-2H3/p+1. The van der Waals surface area contributed by atoms with E-state index in [4.69, 9.17) is 5.73 Å². The number of hydrogen-bond donors (Lipinski definition) is 1. The van der Waals surface area contributed by atoms with Crippen LogP contribution in [0.15, 0.2) is 76.2 Å². The second kappa shape index (κ2) is 10.4. The van der Waals surface area contributed by atoms with Gasteiger partial charge in [0.2, 0.25) is 0 Å². The van der Waals surface area contributed by atoms with E-state index in [9.17, 15) is 0 Å². The number of nitrogens with zero attached hydrogens (tertiary/aromatic N) is 2. The Morgan fingerprint density at radius 3 is 1.81 bits per heavy atom. The highest BCUT2D eigenvalue weighted by Crippen LogP contribution is 2.32. The maximum absolute atomic E-state index is 6.73. The highest BCUT2D eigenvalue weighted by Gasteiger charge is 2.22. The third kappa shape index (κ3) is 5.61. The zero-order valence-corrected chi connectivity index (χ0v) is 25.3. The lowest BCUT2D eigenvalue weighted by molar-refractivity contribution is -0.635. The number of aromatic nitrogens is 2. The first-order valence-corrected chi connectivity index (χ1v) is 14.8. The molecule has 0 amide bonds. The molecule has 0 unspecified atom stereocenters. The summed E-state index contributed by atoms with van der Waals surface area (Å²) in [5, 5.41) is 0. The van der Waals surface area contributed by atoms with Crippen molar-refractivity contribution in [2.75, 3.05) is 5.73 Å². The molecule has 3 aromatic carbocycles. The number of imidazole rings is 1. The lowest BCUT2D eigenvalue weighted by Crippen LogP contribution is -2.35. The van der Waals surface area contributed by atoms with Crippen LogP contribution in [0, 0.1) is 13.8 Å². The van der Waals surface area contributed by atoms with Gasteiger partial charge in [0.05, 0.1) is 0 Å². The molecule has 0 spiro atoms. The van der Waals surface area contributed by atoms with Crippen molar-refractivity contribution in [2.45, 2.75) is 35.4 Å². The Labute approximate surface area is 230 Å². The summed E-state index contributed by atoms with van der Waals surface area (Å²) in [5.41, 5.74) is 11.6. The van der Waals surface area contributed by atoms with E-state index in [1.807, 2.05) is 12.1 Å². The quantitative estimate of drug-likeness (QED) is 0.160. The molecular formula is C23H20Br4N3S2+. The summed E-state index contributed by atoms with van der Waals surface area (Å²) in [4.78, 5) is 2.35. The normalized spacial score (nSPS) is 11.4. The molecule has 4 rings (SSSR count). The van der Waals surface area contributed by atoms with Crippen molar-refractivity contribution in [2.24, 2.45) is 0 Å². The van der Waals surface area contributed by atoms with Gasteiger partial charge < -0.3 is 0 Å². The zero-order valence-electron chi connectivity index (χ0n) is 17.3. The monoisotopic (exact) mass is 718 g/mol. The summed E-state index contributed by atoms with van der Waals surface area (Å²) in [6.45, 7) is 4.30. The van der Waals surface area contributed by atoms with Gasteiger partial charge in [-0.15, -0.1) is 0 Å². The van der Waals surface area contributed by atoms with Crippen LogP contribution in [0.3, 0.4) is 0 Å². The molecule has 1 aromatic heterocycles. The smallest absolute Gasteiger partial charge is 0.290 e. The average molecular weight is 722 g/mol. The van der Waals surface area contributed by atoms with Crippen LogP contribution in [-0.4, -0.2) is 4.57 Å². The van der Waals surface area contributed by atoms with Gasteiger partial charge in [-0.05, 0) is 73.5 Å². The molecule has 32 heavy (non-hydrogen) atoms. The van der Waals surface area contributed by atoms with E-state index in [0.29, 0.717) is 0 Å². The second-order valence-corrected chi connectivity index (χ2v) is 13.1. The van der Waals surface area contributed by atoms with Crippen LogP contribution in [0.5, 0.6) is 0 Å². The number of nitrogen functional groups attached to an aromatic ring is 1. The Hall–Kier alpha value is -0.450. The van der Waals surface area contributed by atoms with Crippen LogP contribution >= 0.6 is 87.2 Å². The van der Waals surface area contributed by atoms with Crippen molar-refractivity contribution >= 4 is 104 Å². The van der Waals surface area contributed by atoms with Gasteiger partial charge in [0.25, 0.3) is 0 Å². The molecule has 166 valence electrons. The van der Waals surface area contributed by atoms with Gasteiger partial charge in [0, 0.05) is 27.7 Å². The molecule has 1 heterocycles. The lowest BCUT2D eigenvalue weighted by atomic mass is 10.1. The molecule has 4 aromatic rings. The fourth-order valence-electron chi connectivity index (χ4n) is 3.38. The molecule has 0 aliphatic heterocycles. The van der Waals surface area contributed by atoms with Gasteiger partial charge in [-0.1, -0.05) is 87.2 Å². The molecular weight excluding hydrogens is 702 g/mol. The molecule has 0 aliphatic carbocycles. The fourth-order valence-corrected chi connectivity index (χ4v) is 8.52. The maximum Gasteiger partial charge on any atom is 0.357 e. The maximum atomic E-state index is 6.73. The van der Waals surface area contributed by atoms with Gasteiger partial charge in [-0.3, -0.25) is 5.73 Å². The molecule has 9 heteroatoms. The van der Waals surface area contributed by atoms with Crippen LogP contribution < -0.4 is 10.3 Å². The van der Waals surface area contributed by atoms with Gasteiger partial charge in [-0.25, -0.2) is 9.13 Å². The molecule has 0 fully saturated rings. The summed E-state index contributed by atoms with van der Waals surface area (Å²) in [6.07, 6.45) is 0. The van der Waals surface area contributed by atoms with Gasteiger partial charge in [0.15, 0.2) is 0 Å². The largest absolute Gasteiger partial charge is 0.357 e. The van der Waals surface area contributed by atoms with Crippen LogP contribution in [-0.2, 0) is 11.8 Å². The minimum Gasteiger partial charge on any atom is -0.290 e. The van der Waals surface area contributed by atoms with Crippen LogP contribution in [0.1, 0.15) is 11.1 Å². The number of rotatable bonds is 6. The van der Waals surface area contributed by atoms with Crippen molar-refractivity contribution in [3.05, 3.63) is 77.5 Å². The molecule has 0 radical (unpaired) electrons. The van der Waals surface area contributed by atoms with Crippen molar-refractivity contribution in [1.82, 2.24) is 4.57 Å². The van der Waals surface area contributed by atoms with Gasteiger partial charge in [0.1, 0.15) is 22.8 Å². The number of thioether (sulfide) groups is 2. The number of nitrogens with two attached hydrogens (primary N) is 1. The summed E-state index contributed by atoms with van der Waals surface area (Å²) < 4.78 is 8.63. The highest BCUT2D eigenvalue weighted by molar-refractivity contribution is 9.11. The summed E-state index contributed by atoms with van der Waals surface area (Å²) >= 11 is 17.8. The van der Waals surface area contributed by atoms with Crippen molar-refractivity contribution in [3.8, 4) is 0 Å². The molecule has 0 saturated carbocycles. The van der Waals surface area contributed by atoms with E-state index in [-0.39, 0.29) is 0 Å². The van der Waals surface area contributed by atoms with E-state index in [1.165, 1.54) is 20.9 Å². The first kappa shape index (κ1) is 24.7. The van der Waals surface area contributed by atoms with Crippen molar-refractivity contribution < 1.29 is 4.57 Å². The van der Waals surface area contributed by atoms with Crippen molar-refractivity contribution in [3.63, 3.8) is 0 Å². The molecule has 0 aliphatic rings. The lowest BCUT2D eigenvalue weighted by Gasteiger charge is -2.05. The Morgan fingerprint density at radius 1 is 0.750 bits per heavy atom. The summed E-state index contributed by atoms with van der Waals surface area (Å²) in [7, 11) is 0. The number of aryl methyl sites for hydroxylation is 2.